The lowest BCUT2D eigenvalue weighted by molar-refractivity contribution is -0.137. The summed E-state index contributed by atoms with van der Waals surface area (Å²) < 4.78 is 65.4. The number of anilines is 2. The van der Waals surface area contributed by atoms with Crippen molar-refractivity contribution in [3.05, 3.63) is 57.6 Å². The molecule has 0 fully saturated rings. The first-order valence-corrected chi connectivity index (χ1v) is 6.93. The smallest absolute Gasteiger partial charge is 0.306 e. The molecule has 0 unspecified atom stereocenters. The van der Waals surface area contributed by atoms with Crippen LogP contribution in [-0.4, -0.2) is 6.03 Å². The van der Waals surface area contributed by atoms with Crippen LogP contribution in [0.5, 0.6) is 0 Å². The number of hydrogen-bond acceptors (Lipinski definition) is 1. The van der Waals surface area contributed by atoms with Crippen LogP contribution >= 0.6 is 23.2 Å². The molecule has 2 aromatic carbocycles. The maximum atomic E-state index is 13.4. The van der Waals surface area contributed by atoms with Gasteiger partial charge in [-0.15, -0.1) is 0 Å². The summed E-state index contributed by atoms with van der Waals surface area (Å²) in [5.74, 6) is -2.11. The molecule has 2 amide bonds. The fraction of sp³-hybridized carbons (Fsp3) is 0.0714. The highest BCUT2D eigenvalue weighted by molar-refractivity contribution is 6.36. The molecular formula is C14H7Cl2F5N2O. The molecule has 0 heterocycles. The second-order valence-corrected chi connectivity index (χ2v) is 5.30. The minimum absolute atomic E-state index is 0.334. The number of carbonyl (C=O) groups excluding carboxylic acids is 1. The second kappa shape index (κ2) is 6.82. The van der Waals surface area contributed by atoms with Crippen LogP contribution in [0.3, 0.4) is 0 Å². The minimum Gasteiger partial charge on any atom is -0.306 e. The van der Waals surface area contributed by atoms with Gasteiger partial charge in [0, 0.05) is 5.02 Å². The Morgan fingerprint density at radius 3 is 2.12 bits per heavy atom. The lowest BCUT2D eigenvalue weighted by Gasteiger charge is -2.15. The Morgan fingerprint density at radius 2 is 1.58 bits per heavy atom. The van der Waals surface area contributed by atoms with E-state index in [9.17, 15) is 26.7 Å². The number of rotatable bonds is 2. The van der Waals surface area contributed by atoms with Gasteiger partial charge in [-0.25, -0.2) is 13.6 Å². The summed E-state index contributed by atoms with van der Waals surface area (Å²) in [4.78, 5) is 11.8. The topological polar surface area (TPSA) is 41.1 Å². The Morgan fingerprint density at radius 1 is 1.00 bits per heavy atom. The Balaban J connectivity index is 2.28. The fourth-order valence-corrected chi connectivity index (χ4v) is 2.25. The van der Waals surface area contributed by atoms with Crippen molar-refractivity contribution in [2.45, 2.75) is 6.18 Å². The van der Waals surface area contributed by atoms with Crippen molar-refractivity contribution in [3.63, 3.8) is 0 Å². The Hall–Kier alpha value is -2.06. The third-order valence-corrected chi connectivity index (χ3v) is 3.42. The maximum Gasteiger partial charge on any atom is 0.417 e. The molecule has 3 nitrogen and oxygen atoms in total. The van der Waals surface area contributed by atoms with Gasteiger partial charge in [-0.1, -0.05) is 29.3 Å². The van der Waals surface area contributed by atoms with Gasteiger partial charge in [-0.3, -0.25) is 0 Å². The normalized spacial score (nSPS) is 11.3. The summed E-state index contributed by atoms with van der Waals surface area (Å²) in [6.07, 6.45) is -4.80. The molecule has 0 aliphatic heterocycles. The van der Waals surface area contributed by atoms with Crippen LogP contribution in [0.2, 0.25) is 10.0 Å². The van der Waals surface area contributed by atoms with Crippen molar-refractivity contribution in [2.24, 2.45) is 0 Å². The SMILES string of the molecule is O=C(Nc1cc(Cl)cc(C(F)(F)F)c1Cl)Nc1c(F)cccc1F. The number of urea groups is 1. The molecule has 2 N–H and O–H groups in total. The number of benzene rings is 2. The molecule has 24 heavy (non-hydrogen) atoms. The summed E-state index contributed by atoms with van der Waals surface area (Å²) in [7, 11) is 0. The summed E-state index contributed by atoms with van der Waals surface area (Å²) in [6.45, 7) is 0. The summed E-state index contributed by atoms with van der Waals surface area (Å²) in [5.41, 5.74) is -2.49. The number of carbonyl (C=O) groups is 1. The van der Waals surface area contributed by atoms with Crippen LogP contribution in [-0.2, 0) is 6.18 Å². The number of hydrogen-bond donors (Lipinski definition) is 2. The second-order valence-electron chi connectivity index (χ2n) is 4.49. The van der Waals surface area contributed by atoms with Gasteiger partial charge < -0.3 is 10.6 Å². The van der Waals surface area contributed by atoms with Gasteiger partial charge in [0.15, 0.2) is 0 Å². The lowest BCUT2D eigenvalue weighted by atomic mass is 10.2. The van der Waals surface area contributed by atoms with Gasteiger partial charge in [0.25, 0.3) is 0 Å². The van der Waals surface area contributed by atoms with Gasteiger partial charge in [0.05, 0.1) is 16.3 Å². The van der Waals surface area contributed by atoms with E-state index in [-0.39, 0.29) is 5.02 Å². The van der Waals surface area contributed by atoms with E-state index in [1.54, 1.807) is 0 Å². The average Bonchev–Trinajstić information content (AvgIpc) is 2.45. The molecule has 0 radical (unpaired) electrons. The molecule has 10 heteroatoms. The highest BCUT2D eigenvalue weighted by Gasteiger charge is 2.35. The zero-order chi connectivity index (χ0) is 18.1. The molecule has 0 atom stereocenters. The third-order valence-electron chi connectivity index (χ3n) is 2.79. The van der Waals surface area contributed by atoms with Crippen molar-refractivity contribution in [2.75, 3.05) is 10.6 Å². The molecule has 128 valence electrons. The van der Waals surface area contributed by atoms with Crippen LogP contribution in [0.25, 0.3) is 0 Å². The predicted molar refractivity (Wildman–Crippen MR) is 80.5 cm³/mol. The molecule has 0 spiro atoms. The Kier molecular flexibility index (Phi) is 5.19. The van der Waals surface area contributed by atoms with Crippen LogP contribution in [0.1, 0.15) is 5.56 Å². The van der Waals surface area contributed by atoms with Gasteiger partial charge in [0.1, 0.15) is 17.3 Å². The molecule has 0 saturated heterocycles. The summed E-state index contributed by atoms with van der Waals surface area (Å²) in [6, 6.07) is 3.23. The van der Waals surface area contributed by atoms with Gasteiger partial charge >= 0.3 is 12.2 Å². The number of para-hydroxylation sites is 1. The first kappa shape index (κ1) is 18.3. The molecule has 0 bridgehead atoms. The molecule has 0 aliphatic carbocycles. The first-order valence-electron chi connectivity index (χ1n) is 6.18. The van der Waals surface area contributed by atoms with Crippen molar-refractivity contribution in [3.8, 4) is 0 Å². The third kappa shape index (κ3) is 4.07. The highest BCUT2D eigenvalue weighted by atomic mass is 35.5. The summed E-state index contributed by atoms with van der Waals surface area (Å²) >= 11 is 11.2. The predicted octanol–water partition coefficient (Wildman–Crippen LogP) is 5.93. The Labute approximate surface area is 142 Å². The van der Waals surface area contributed by atoms with Crippen LogP contribution < -0.4 is 10.6 Å². The molecule has 0 saturated carbocycles. The lowest BCUT2D eigenvalue weighted by Crippen LogP contribution is -2.21. The van der Waals surface area contributed by atoms with Crippen LogP contribution in [0.4, 0.5) is 38.1 Å². The molecule has 2 aromatic rings. The van der Waals surface area contributed by atoms with E-state index in [0.717, 1.165) is 24.3 Å². The maximum absolute atomic E-state index is 13.4. The first-order chi connectivity index (χ1) is 11.1. The van der Waals surface area contributed by atoms with Crippen molar-refractivity contribution in [1.29, 1.82) is 0 Å². The van der Waals surface area contributed by atoms with E-state index in [1.165, 1.54) is 0 Å². The van der Waals surface area contributed by atoms with Crippen LogP contribution in [0.15, 0.2) is 30.3 Å². The number of amides is 2. The zero-order valence-corrected chi connectivity index (χ0v) is 13.0. The Bertz CT molecular complexity index is 775. The zero-order valence-electron chi connectivity index (χ0n) is 11.4. The quantitative estimate of drug-likeness (QED) is 0.618. The monoisotopic (exact) mass is 384 g/mol. The molecule has 2 rings (SSSR count). The average molecular weight is 385 g/mol. The molecule has 0 aromatic heterocycles. The number of nitrogens with one attached hydrogen (secondary N) is 2. The fourth-order valence-electron chi connectivity index (χ4n) is 1.77. The van der Waals surface area contributed by atoms with E-state index in [1.807, 2.05) is 10.6 Å². The minimum atomic E-state index is -4.80. The van der Waals surface area contributed by atoms with Crippen LogP contribution in [0, 0.1) is 11.6 Å². The van der Waals surface area contributed by atoms with Crippen molar-refractivity contribution < 1.29 is 26.7 Å². The van der Waals surface area contributed by atoms with Gasteiger partial charge in [0.2, 0.25) is 0 Å². The standard InChI is InChI=1S/C14H7Cl2F5N2O/c15-6-4-7(14(19,20)21)11(16)10(5-6)22-13(24)23-12-8(17)2-1-3-9(12)18/h1-5H,(H2,22,23,24). The molecule has 0 aliphatic rings. The van der Waals surface area contributed by atoms with Gasteiger partial charge in [-0.2, -0.15) is 13.2 Å². The van der Waals surface area contributed by atoms with E-state index < -0.39 is 45.8 Å². The van der Waals surface area contributed by atoms with E-state index in [0.29, 0.717) is 6.07 Å². The van der Waals surface area contributed by atoms with E-state index in [2.05, 4.69) is 0 Å². The van der Waals surface area contributed by atoms with E-state index in [4.69, 9.17) is 23.2 Å². The summed E-state index contributed by atoms with van der Waals surface area (Å²) in [5, 5.41) is 2.67. The highest BCUT2D eigenvalue weighted by Crippen LogP contribution is 2.40. The van der Waals surface area contributed by atoms with Crippen molar-refractivity contribution in [1.82, 2.24) is 0 Å². The van der Waals surface area contributed by atoms with Crippen molar-refractivity contribution >= 4 is 40.6 Å². The molecular weight excluding hydrogens is 378 g/mol. The number of alkyl halides is 3. The number of halogens is 7. The van der Waals surface area contributed by atoms with E-state index >= 15 is 0 Å². The largest absolute Gasteiger partial charge is 0.417 e. The van der Waals surface area contributed by atoms with Gasteiger partial charge in [-0.05, 0) is 24.3 Å².